The molecule has 1 aliphatic rings. The van der Waals surface area contributed by atoms with E-state index in [0.717, 1.165) is 36.9 Å². The lowest BCUT2D eigenvalue weighted by Gasteiger charge is -2.26. The number of hydrogen-bond donors (Lipinski definition) is 0. The number of likely N-dealkylation sites (tertiary alicyclic amines) is 1. The Kier molecular flexibility index (Phi) is 4.91. The van der Waals surface area contributed by atoms with Gasteiger partial charge in [0, 0.05) is 28.0 Å². The molecule has 104 valence electrons. The number of alkyl halides is 1. The van der Waals surface area contributed by atoms with Gasteiger partial charge in [-0.15, -0.1) is 0 Å². The average molecular weight is 345 g/mol. The summed E-state index contributed by atoms with van der Waals surface area (Å²) in [6, 6.07) is 5.88. The summed E-state index contributed by atoms with van der Waals surface area (Å²) in [4.78, 5) is 15.0. The summed E-state index contributed by atoms with van der Waals surface area (Å²) in [5, 5.41) is 0.712. The van der Waals surface area contributed by atoms with Crippen LogP contribution in [0.4, 0.5) is 0 Å². The third-order valence-electron chi connectivity index (χ3n) is 3.64. The predicted octanol–water partition coefficient (Wildman–Crippen LogP) is 4.43. The van der Waals surface area contributed by atoms with Crippen LogP contribution in [0.1, 0.15) is 42.1 Å². The number of hydrogen-bond acceptors (Lipinski definition) is 1. The lowest BCUT2D eigenvalue weighted by atomic mass is 10.1. The van der Waals surface area contributed by atoms with Gasteiger partial charge < -0.3 is 4.90 Å². The standard InChI is InChI=1S/C15H19BrClNO/c1-10-8-12(5-6-14(10)17)15(19)18-7-3-4-13(18)9-11(2)16/h5-6,8,11,13H,3-4,7,9H2,1-2H3. The molecule has 1 heterocycles. The minimum Gasteiger partial charge on any atom is -0.336 e. The monoisotopic (exact) mass is 343 g/mol. The zero-order valence-electron chi connectivity index (χ0n) is 11.3. The second-order valence-electron chi connectivity index (χ2n) is 5.28. The first-order valence-electron chi connectivity index (χ1n) is 6.70. The first-order chi connectivity index (χ1) is 8.99. The molecule has 0 radical (unpaired) electrons. The molecule has 1 aromatic rings. The van der Waals surface area contributed by atoms with E-state index in [-0.39, 0.29) is 5.91 Å². The number of halogens is 2. The number of benzene rings is 1. The van der Waals surface area contributed by atoms with E-state index in [9.17, 15) is 4.79 Å². The fourth-order valence-corrected chi connectivity index (χ4v) is 3.22. The molecule has 0 spiro atoms. The third kappa shape index (κ3) is 3.51. The zero-order chi connectivity index (χ0) is 14.0. The van der Waals surface area contributed by atoms with Gasteiger partial charge in [0.2, 0.25) is 0 Å². The Labute approximate surface area is 128 Å². The third-order valence-corrected chi connectivity index (χ3v) is 4.44. The van der Waals surface area contributed by atoms with E-state index in [0.29, 0.717) is 15.9 Å². The van der Waals surface area contributed by atoms with Gasteiger partial charge >= 0.3 is 0 Å². The Morgan fingerprint density at radius 2 is 2.32 bits per heavy atom. The minimum absolute atomic E-state index is 0.135. The molecule has 0 saturated carbocycles. The average Bonchev–Trinajstić information content (AvgIpc) is 2.79. The Bertz CT molecular complexity index is 475. The Balaban J connectivity index is 2.16. The molecule has 1 amide bonds. The number of aryl methyl sites for hydroxylation is 1. The molecule has 1 fully saturated rings. The van der Waals surface area contributed by atoms with Gasteiger partial charge in [0.1, 0.15) is 0 Å². The smallest absolute Gasteiger partial charge is 0.254 e. The van der Waals surface area contributed by atoms with Crippen LogP contribution in [0.15, 0.2) is 18.2 Å². The zero-order valence-corrected chi connectivity index (χ0v) is 13.7. The number of carbonyl (C=O) groups is 1. The molecule has 2 unspecified atom stereocenters. The van der Waals surface area contributed by atoms with Crippen molar-refractivity contribution in [3.63, 3.8) is 0 Å². The maximum absolute atomic E-state index is 12.6. The van der Waals surface area contributed by atoms with Crippen molar-refractivity contribution in [1.82, 2.24) is 4.90 Å². The summed E-state index contributed by atoms with van der Waals surface area (Å²) in [6.07, 6.45) is 3.22. The first kappa shape index (κ1) is 14.9. The van der Waals surface area contributed by atoms with E-state index < -0.39 is 0 Å². The summed E-state index contributed by atoms with van der Waals surface area (Å²) in [6.45, 7) is 4.93. The maximum Gasteiger partial charge on any atom is 0.254 e. The SMILES string of the molecule is Cc1cc(C(=O)N2CCCC2CC(C)Br)ccc1Cl. The van der Waals surface area contributed by atoms with E-state index in [1.54, 1.807) is 0 Å². The van der Waals surface area contributed by atoms with Crippen molar-refractivity contribution in [2.24, 2.45) is 0 Å². The van der Waals surface area contributed by atoms with Crippen molar-refractivity contribution < 1.29 is 4.79 Å². The predicted molar refractivity (Wildman–Crippen MR) is 83.3 cm³/mol. The molecule has 1 aromatic carbocycles. The Hall–Kier alpha value is -0.540. The van der Waals surface area contributed by atoms with Crippen LogP contribution in [0.2, 0.25) is 5.02 Å². The van der Waals surface area contributed by atoms with Crippen molar-refractivity contribution in [2.45, 2.75) is 44.0 Å². The Morgan fingerprint density at radius 3 is 2.95 bits per heavy atom. The molecule has 0 bridgehead atoms. The minimum atomic E-state index is 0.135. The van der Waals surface area contributed by atoms with Gasteiger partial charge in [-0.2, -0.15) is 0 Å². The van der Waals surface area contributed by atoms with Gasteiger partial charge in [0.25, 0.3) is 5.91 Å². The highest BCUT2D eigenvalue weighted by Crippen LogP contribution is 2.26. The van der Waals surface area contributed by atoms with Crippen LogP contribution < -0.4 is 0 Å². The van der Waals surface area contributed by atoms with Crippen molar-refractivity contribution >= 4 is 33.4 Å². The fourth-order valence-electron chi connectivity index (χ4n) is 2.67. The molecule has 2 nitrogen and oxygen atoms in total. The summed E-state index contributed by atoms with van der Waals surface area (Å²) in [5.74, 6) is 0.135. The largest absolute Gasteiger partial charge is 0.336 e. The second-order valence-corrected chi connectivity index (χ2v) is 7.25. The van der Waals surface area contributed by atoms with Crippen molar-refractivity contribution in [3.05, 3.63) is 34.3 Å². The molecule has 2 atom stereocenters. The van der Waals surface area contributed by atoms with Gasteiger partial charge in [-0.3, -0.25) is 4.79 Å². The van der Waals surface area contributed by atoms with E-state index >= 15 is 0 Å². The maximum atomic E-state index is 12.6. The van der Waals surface area contributed by atoms with Crippen LogP contribution in [0.5, 0.6) is 0 Å². The van der Waals surface area contributed by atoms with Crippen LogP contribution in [0.25, 0.3) is 0 Å². The van der Waals surface area contributed by atoms with Crippen LogP contribution in [0.3, 0.4) is 0 Å². The van der Waals surface area contributed by atoms with Crippen LogP contribution in [-0.2, 0) is 0 Å². The van der Waals surface area contributed by atoms with Gasteiger partial charge in [-0.25, -0.2) is 0 Å². The number of carbonyl (C=O) groups excluding carboxylic acids is 1. The van der Waals surface area contributed by atoms with Gasteiger partial charge in [0.05, 0.1) is 0 Å². The topological polar surface area (TPSA) is 20.3 Å². The van der Waals surface area contributed by atoms with Crippen LogP contribution in [-0.4, -0.2) is 28.2 Å². The summed E-state index contributed by atoms with van der Waals surface area (Å²) in [5.41, 5.74) is 1.70. The Morgan fingerprint density at radius 1 is 1.58 bits per heavy atom. The number of rotatable bonds is 3. The van der Waals surface area contributed by atoms with Crippen molar-refractivity contribution in [3.8, 4) is 0 Å². The highest BCUT2D eigenvalue weighted by Gasteiger charge is 2.30. The molecular formula is C15H19BrClNO. The van der Waals surface area contributed by atoms with E-state index in [1.165, 1.54) is 0 Å². The summed E-state index contributed by atoms with van der Waals surface area (Å²) < 4.78 is 0. The van der Waals surface area contributed by atoms with Crippen LogP contribution in [0, 0.1) is 6.92 Å². The molecule has 0 N–H and O–H groups in total. The van der Waals surface area contributed by atoms with E-state index in [2.05, 4.69) is 22.9 Å². The van der Waals surface area contributed by atoms with Crippen molar-refractivity contribution in [1.29, 1.82) is 0 Å². The lowest BCUT2D eigenvalue weighted by molar-refractivity contribution is 0.0731. The molecule has 0 aliphatic carbocycles. The molecule has 0 aromatic heterocycles. The quantitative estimate of drug-likeness (QED) is 0.743. The van der Waals surface area contributed by atoms with Gasteiger partial charge in [0.15, 0.2) is 0 Å². The van der Waals surface area contributed by atoms with E-state index in [1.807, 2.05) is 30.0 Å². The van der Waals surface area contributed by atoms with Gasteiger partial charge in [-0.05, 0) is 49.9 Å². The van der Waals surface area contributed by atoms with Gasteiger partial charge in [-0.1, -0.05) is 34.5 Å². The lowest BCUT2D eigenvalue weighted by Crippen LogP contribution is -2.36. The second kappa shape index (κ2) is 6.27. The highest BCUT2D eigenvalue weighted by atomic mass is 79.9. The molecule has 1 saturated heterocycles. The molecule has 1 aliphatic heterocycles. The van der Waals surface area contributed by atoms with E-state index in [4.69, 9.17) is 11.6 Å². The molecule has 4 heteroatoms. The molecular weight excluding hydrogens is 326 g/mol. The summed E-state index contributed by atoms with van der Waals surface area (Å²) in [7, 11) is 0. The highest BCUT2D eigenvalue weighted by molar-refractivity contribution is 9.09. The molecule has 2 rings (SSSR count). The molecule has 19 heavy (non-hydrogen) atoms. The first-order valence-corrected chi connectivity index (χ1v) is 7.99. The number of nitrogens with zero attached hydrogens (tertiary/aromatic N) is 1. The number of amides is 1. The normalized spacial score (nSPS) is 20.6. The fraction of sp³-hybridized carbons (Fsp3) is 0.533. The summed E-state index contributed by atoms with van der Waals surface area (Å²) >= 11 is 9.59. The van der Waals surface area contributed by atoms with Crippen LogP contribution >= 0.6 is 27.5 Å². The van der Waals surface area contributed by atoms with Crippen molar-refractivity contribution in [2.75, 3.05) is 6.54 Å².